The molecule has 118 valence electrons. The minimum absolute atomic E-state index is 0.208. The summed E-state index contributed by atoms with van der Waals surface area (Å²) >= 11 is 1.68. The van der Waals surface area contributed by atoms with Crippen LogP contribution in [0, 0.1) is 0 Å². The number of likely N-dealkylation sites (N-methyl/N-ethyl adjacent to an activating group) is 1. The average molecular weight is 311 g/mol. The van der Waals surface area contributed by atoms with Crippen molar-refractivity contribution in [2.45, 2.75) is 51.8 Å². The average Bonchev–Trinajstić information content (AvgIpc) is 3.06. The highest BCUT2D eigenvalue weighted by Gasteiger charge is 2.33. The smallest absolute Gasteiger partial charge is 0.410 e. The van der Waals surface area contributed by atoms with E-state index in [9.17, 15) is 4.79 Å². The Bertz CT molecular complexity index is 470. The normalized spacial score (nSPS) is 20.9. The Labute approximate surface area is 130 Å². The summed E-state index contributed by atoms with van der Waals surface area (Å²) in [7, 11) is 2.11. The number of amides is 1. The maximum absolute atomic E-state index is 12.1. The molecule has 6 heteroatoms. The van der Waals surface area contributed by atoms with Crippen LogP contribution in [-0.4, -0.2) is 52.7 Å². The van der Waals surface area contributed by atoms with Crippen molar-refractivity contribution in [2.24, 2.45) is 0 Å². The number of rotatable bonds is 3. The lowest BCUT2D eigenvalue weighted by Gasteiger charge is -2.30. The fourth-order valence-corrected chi connectivity index (χ4v) is 3.24. The van der Waals surface area contributed by atoms with Crippen LogP contribution in [0.2, 0.25) is 0 Å². The van der Waals surface area contributed by atoms with Crippen molar-refractivity contribution in [3.63, 3.8) is 0 Å². The van der Waals surface area contributed by atoms with Gasteiger partial charge in [0, 0.05) is 30.7 Å². The third-order valence-electron chi connectivity index (χ3n) is 3.81. The van der Waals surface area contributed by atoms with Gasteiger partial charge >= 0.3 is 6.09 Å². The number of carbonyl (C=O) groups excluding carboxylic acids is 1. The molecule has 5 nitrogen and oxygen atoms in total. The van der Waals surface area contributed by atoms with Gasteiger partial charge in [0.25, 0.3) is 0 Å². The first-order valence-corrected chi connectivity index (χ1v) is 8.25. The van der Waals surface area contributed by atoms with Crippen molar-refractivity contribution in [1.82, 2.24) is 14.8 Å². The van der Waals surface area contributed by atoms with Gasteiger partial charge in [0.1, 0.15) is 10.6 Å². The molecule has 0 aliphatic carbocycles. The molecule has 1 aromatic rings. The second kappa shape index (κ2) is 6.32. The van der Waals surface area contributed by atoms with Crippen LogP contribution in [0.5, 0.6) is 0 Å². The van der Waals surface area contributed by atoms with Crippen molar-refractivity contribution in [3.05, 3.63) is 16.6 Å². The minimum Gasteiger partial charge on any atom is -0.444 e. The van der Waals surface area contributed by atoms with Crippen molar-refractivity contribution in [1.29, 1.82) is 0 Å². The maximum atomic E-state index is 12.1. The Morgan fingerprint density at radius 3 is 2.86 bits per heavy atom. The predicted octanol–water partition coefficient (Wildman–Crippen LogP) is 3.15. The van der Waals surface area contributed by atoms with Gasteiger partial charge in [-0.1, -0.05) is 0 Å². The third kappa shape index (κ3) is 4.17. The summed E-state index contributed by atoms with van der Waals surface area (Å²) in [5.41, 5.74) is -0.435. The molecular formula is C15H25N3O2S. The van der Waals surface area contributed by atoms with Crippen LogP contribution in [0.4, 0.5) is 4.79 Å². The second-order valence-electron chi connectivity index (χ2n) is 6.58. The highest BCUT2D eigenvalue weighted by atomic mass is 32.1. The van der Waals surface area contributed by atoms with E-state index in [2.05, 4.69) is 23.9 Å². The Kier molecular flexibility index (Phi) is 4.88. The van der Waals surface area contributed by atoms with Gasteiger partial charge in [-0.25, -0.2) is 9.78 Å². The molecule has 2 heterocycles. The van der Waals surface area contributed by atoms with E-state index in [0.29, 0.717) is 6.04 Å². The molecule has 1 aliphatic rings. The molecule has 0 unspecified atom stereocenters. The van der Waals surface area contributed by atoms with E-state index in [1.165, 1.54) is 0 Å². The predicted molar refractivity (Wildman–Crippen MR) is 84.5 cm³/mol. The Morgan fingerprint density at radius 1 is 1.57 bits per heavy atom. The van der Waals surface area contributed by atoms with Crippen LogP contribution in [0.1, 0.15) is 45.2 Å². The molecule has 1 saturated heterocycles. The molecule has 0 spiro atoms. The van der Waals surface area contributed by atoms with Gasteiger partial charge in [-0.3, -0.25) is 4.90 Å². The van der Waals surface area contributed by atoms with Crippen molar-refractivity contribution in [3.8, 4) is 0 Å². The van der Waals surface area contributed by atoms with Gasteiger partial charge < -0.3 is 9.64 Å². The molecule has 1 amide bonds. The van der Waals surface area contributed by atoms with Crippen LogP contribution in [-0.2, 0) is 4.74 Å². The van der Waals surface area contributed by atoms with E-state index in [4.69, 9.17) is 4.74 Å². The monoisotopic (exact) mass is 311 g/mol. The third-order valence-corrected chi connectivity index (χ3v) is 4.76. The van der Waals surface area contributed by atoms with Gasteiger partial charge in [-0.15, -0.1) is 11.3 Å². The first-order valence-electron chi connectivity index (χ1n) is 7.37. The van der Waals surface area contributed by atoms with E-state index in [1.54, 1.807) is 16.2 Å². The topological polar surface area (TPSA) is 45.7 Å². The van der Waals surface area contributed by atoms with Crippen molar-refractivity contribution in [2.75, 3.05) is 20.1 Å². The number of ether oxygens (including phenoxy) is 1. The zero-order valence-corrected chi connectivity index (χ0v) is 14.3. The van der Waals surface area contributed by atoms with E-state index in [1.807, 2.05) is 32.3 Å². The minimum atomic E-state index is -0.435. The summed E-state index contributed by atoms with van der Waals surface area (Å²) in [6, 6.07) is 0.630. The molecule has 0 saturated carbocycles. The number of aromatic nitrogens is 1. The van der Waals surface area contributed by atoms with Crippen molar-refractivity contribution >= 4 is 17.4 Å². The molecule has 0 aromatic carbocycles. The van der Waals surface area contributed by atoms with Crippen LogP contribution < -0.4 is 0 Å². The van der Waals surface area contributed by atoms with E-state index in [-0.39, 0.29) is 12.1 Å². The lowest BCUT2D eigenvalue weighted by molar-refractivity contribution is 0.0278. The molecule has 2 rings (SSSR count). The molecule has 2 atom stereocenters. The highest BCUT2D eigenvalue weighted by Crippen LogP contribution is 2.27. The van der Waals surface area contributed by atoms with E-state index in [0.717, 1.165) is 24.5 Å². The molecule has 1 aromatic heterocycles. The summed E-state index contributed by atoms with van der Waals surface area (Å²) in [4.78, 5) is 20.6. The number of hydrogen-bond acceptors (Lipinski definition) is 5. The fourth-order valence-electron chi connectivity index (χ4n) is 2.50. The molecule has 0 N–H and O–H groups in total. The largest absolute Gasteiger partial charge is 0.444 e. The Hall–Kier alpha value is -1.14. The quantitative estimate of drug-likeness (QED) is 0.860. The lowest BCUT2D eigenvalue weighted by atomic mass is 10.2. The molecule has 0 bridgehead atoms. The first kappa shape index (κ1) is 16.2. The second-order valence-corrected chi connectivity index (χ2v) is 7.51. The summed E-state index contributed by atoms with van der Waals surface area (Å²) in [5, 5.41) is 3.12. The first-order chi connectivity index (χ1) is 9.78. The van der Waals surface area contributed by atoms with Crippen molar-refractivity contribution < 1.29 is 9.53 Å². The maximum Gasteiger partial charge on any atom is 0.410 e. The lowest BCUT2D eigenvalue weighted by Crippen LogP contribution is -2.39. The molecular weight excluding hydrogens is 286 g/mol. The molecule has 0 radical (unpaired) electrons. The van der Waals surface area contributed by atoms with Crippen LogP contribution in [0.25, 0.3) is 0 Å². The van der Waals surface area contributed by atoms with Gasteiger partial charge in [-0.05, 0) is 41.2 Å². The molecule has 1 fully saturated rings. The number of likely N-dealkylation sites (tertiary alicyclic amines) is 1. The summed E-state index contributed by atoms with van der Waals surface area (Å²) in [6.45, 7) is 9.34. The van der Waals surface area contributed by atoms with E-state index < -0.39 is 5.60 Å². The zero-order valence-electron chi connectivity index (χ0n) is 13.5. The summed E-state index contributed by atoms with van der Waals surface area (Å²) in [6.07, 6.45) is 2.61. The van der Waals surface area contributed by atoms with Gasteiger partial charge in [0.15, 0.2) is 0 Å². The van der Waals surface area contributed by atoms with Crippen LogP contribution in [0.15, 0.2) is 11.6 Å². The SMILES string of the molecule is C[C@H](c1nccs1)N(C)[C@H]1CCN(C(=O)OC(C)(C)C)C1. The van der Waals surface area contributed by atoms with Gasteiger partial charge in [-0.2, -0.15) is 0 Å². The Balaban J connectivity index is 1.91. The van der Waals surface area contributed by atoms with Crippen LogP contribution >= 0.6 is 11.3 Å². The standard InChI is InChI=1S/C15H25N3O2S/c1-11(13-16-7-9-21-13)17(5)12-6-8-18(10-12)14(19)20-15(2,3)4/h7,9,11-12H,6,8,10H2,1-5H3/t11-,12+/m1/s1. The number of carbonyl (C=O) groups is 1. The summed E-state index contributed by atoms with van der Waals surface area (Å²) in [5.74, 6) is 0. The van der Waals surface area contributed by atoms with Crippen LogP contribution in [0.3, 0.4) is 0 Å². The highest BCUT2D eigenvalue weighted by molar-refractivity contribution is 7.09. The Morgan fingerprint density at radius 2 is 2.29 bits per heavy atom. The summed E-state index contributed by atoms with van der Waals surface area (Å²) < 4.78 is 5.44. The fraction of sp³-hybridized carbons (Fsp3) is 0.733. The number of thiazole rings is 1. The zero-order chi connectivity index (χ0) is 15.6. The van der Waals surface area contributed by atoms with E-state index >= 15 is 0 Å². The number of nitrogens with zero attached hydrogens (tertiary/aromatic N) is 3. The number of hydrogen-bond donors (Lipinski definition) is 0. The molecule has 21 heavy (non-hydrogen) atoms. The molecule has 1 aliphatic heterocycles. The van der Waals surface area contributed by atoms with Gasteiger partial charge in [0.2, 0.25) is 0 Å². The van der Waals surface area contributed by atoms with Gasteiger partial charge in [0.05, 0.1) is 6.04 Å².